The van der Waals surface area contributed by atoms with Gasteiger partial charge in [0.25, 0.3) is 0 Å². The largest absolute Gasteiger partial charge is 0.523 e. The van der Waals surface area contributed by atoms with Gasteiger partial charge in [-0.25, -0.2) is 0 Å². The molecule has 0 aliphatic rings. The maximum absolute atomic E-state index is 12.1. The van der Waals surface area contributed by atoms with Gasteiger partial charge in [-0.2, -0.15) is 21.6 Å². The zero-order valence-electron chi connectivity index (χ0n) is 11.3. The Hall–Kier alpha value is -0.830. The number of carbonyl (C=O) groups is 1. The van der Waals surface area contributed by atoms with E-state index in [1.165, 1.54) is 13.8 Å². The van der Waals surface area contributed by atoms with Gasteiger partial charge in [-0.1, -0.05) is 0 Å². The Morgan fingerprint density at radius 3 is 1.79 bits per heavy atom. The lowest BCUT2D eigenvalue weighted by Crippen LogP contribution is -2.38. The molecule has 0 aliphatic heterocycles. The first-order valence-corrected chi connectivity index (χ1v) is 6.68. The smallest absolute Gasteiger partial charge is 0.459 e. The molecular formula is C10H17F3O5S. The van der Waals surface area contributed by atoms with Crippen LogP contribution in [0.15, 0.2) is 0 Å². The van der Waals surface area contributed by atoms with Crippen molar-refractivity contribution in [3.63, 3.8) is 0 Å². The zero-order valence-corrected chi connectivity index (χ0v) is 12.1. The molecule has 0 fully saturated rings. The van der Waals surface area contributed by atoms with E-state index in [4.69, 9.17) is 4.74 Å². The van der Waals surface area contributed by atoms with E-state index in [1.54, 1.807) is 20.8 Å². The third-order valence-electron chi connectivity index (χ3n) is 1.81. The molecule has 0 rings (SSSR count). The number of alkyl halides is 3. The van der Waals surface area contributed by atoms with Crippen LogP contribution in [0.3, 0.4) is 0 Å². The van der Waals surface area contributed by atoms with Gasteiger partial charge < -0.3 is 4.74 Å². The highest BCUT2D eigenvalue weighted by Gasteiger charge is 2.48. The van der Waals surface area contributed by atoms with E-state index >= 15 is 0 Å². The van der Waals surface area contributed by atoms with E-state index in [0.717, 1.165) is 0 Å². The van der Waals surface area contributed by atoms with Crippen molar-refractivity contribution in [2.45, 2.75) is 45.7 Å². The van der Waals surface area contributed by atoms with Gasteiger partial charge in [0.2, 0.25) is 0 Å². The Bertz CT molecular complexity index is 431. The maximum Gasteiger partial charge on any atom is 0.523 e. The Balaban J connectivity index is 4.78. The second-order valence-electron chi connectivity index (χ2n) is 5.55. The summed E-state index contributed by atoms with van der Waals surface area (Å²) in [4.78, 5) is 11.7. The molecule has 114 valence electrons. The maximum atomic E-state index is 12.1. The van der Waals surface area contributed by atoms with Gasteiger partial charge in [0.05, 0.1) is 12.0 Å². The van der Waals surface area contributed by atoms with Crippen LogP contribution in [-0.4, -0.2) is 32.1 Å². The summed E-state index contributed by atoms with van der Waals surface area (Å²) in [6.07, 6.45) is 0. The first kappa shape index (κ1) is 18.2. The first-order chi connectivity index (χ1) is 8.08. The van der Waals surface area contributed by atoms with E-state index in [-0.39, 0.29) is 0 Å². The summed E-state index contributed by atoms with van der Waals surface area (Å²) in [5, 5.41) is 0. The van der Waals surface area contributed by atoms with E-state index < -0.39 is 39.2 Å². The molecule has 0 saturated carbocycles. The summed E-state index contributed by atoms with van der Waals surface area (Å²) in [5.41, 5.74) is -7.88. The van der Waals surface area contributed by atoms with Gasteiger partial charge in [-0.15, -0.1) is 0 Å². The van der Waals surface area contributed by atoms with E-state index in [1.807, 2.05) is 0 Å². The summed E-state index contributed by atoms with van der Waals surface area (Å²) >= 11 is 0. The summed E-state index contributed by atoms with van der Waals surface area (Å²) in [6, 6.07) is 0. The van der Waals surface area contributed by atoms with Gasteiger partial charge in [-0.05, 0) is 34.6 Å². The SMILES string of the molecule is CC(C)(C)OC(=O)C(C)(C)COS(=O)(=O)C(F)(F)F. The molecule has 19 heavy (non-hydrogen) atoms. The molecule has 9 heteroatoms. The second kappa shape index (κ2) is 5.28. The van der Waals surface area contributed by atoms with Gasteiger partial charge in [0, 0.05) is 0 Å². The number of ether oxygens (including phenoxy) is 1. The van der Waals surface area contributed by atoms with Crippen molar-refractivity contribution in [2.75, 3.05) is 6.61 Å². The molecule has 0 aromatic rings. The Kier molecular flexibility index (Phi) is 5.05. The topological polar surface area (TPSA) is 69.7 Å². The molecule has 0 spiro atoms. The fourth-order valence-electron chi connectivity index (χ4n) is 0.767. The highest BCUT2D eigenvalue weighted by atomic mass is 32.2. The molecule has 0 unspecified atom stereocenters. The van der Waals surface area contributed by atoms with Gasteiger partial charge in [0.15, 0.2) is 0 Å². The molecular weight excluding hydrogens is 289 g/mol. The highest BCUT2D eigenvalue weighted by molar-refractivity contribution is 7.87. The second-order valence-corrected chi connectivity index (χ2v) is 7.15. The van der Waals surface area contributed by atoms with Crippen molar-refractivity contribution in [1.29, 1.82) is 0 Å². The van der Waals surface area contributed by atoms with Crippen LogP contribution in [0.5, 0.6) is 0 Å². The Morgan fingerprint density at radius 2 is 1.47 bits per heavy atom. The monoisotopic (exact) mass is 306 g/mol. The van der Waals surface area contributed by atoms with E-state index in [0.29, 0.717) is 0 Å². The van der Waals surface area contributed by atoms with Crippen molar-refractivity contribution in [1.82, 2.24) is 0 Å². The van der Waals surface area contributed by atoms with Gasteiger partial charge in [0.1, 0.15) is 5.60 Å². The number of halogens is 3. The van der Waals surface area contributed by atoms with Crippen LogP contribution in [0.1, 0.15) is 34.6 Å². The quantitative estimate of drug-likeness (QED) is 0.452. The minimum Gasteiger partial charge on any atom is -0.459 e. The van der Waals surface area contributed by atoms with Crippen LogP contribution < -0.4 is 0 Å². The number of carbonyl (C=O) groups excluding carboxylic acids is 1. The van der Waals surface area contributed by atoms with Crippen molar-refractivity contribution in [3.05, 3.63) is 0 Å². The molecule has 0 aromatic carbocycles. The average Bonchev–Trinajstić information content (AvgIpc) is 2.10. The molecule has 0 N–H and O–H groups in total. The minimum absolute atomic E-state index is 0.836. The first-order valence-electron chi connectivity index (χ1n) is 5.28. The summed E-state index contributed by atoms with van der Waals surface area (Å²) in [7, 11) is -5.72. The minimum atomic E-state index is -5.72. The molecule has 0 amide bonds. The molecule has 0 atom stereocenters. The fourth-order valence-corrected chi connectivity index (χ4v) is 1.35. The standard InChI is InChI=1S/C10H17F3O5S/c1-8(2,3)18-7(14)9(4,5)6-17-19(15,16)10(11,12)13/h6H2,1-5H3. The van der Waals surface area contributed by atoms with Crippen LogP contribution in [0.2, 0.25) is 0 Å². The van der Waals surface area contributed by atoms with E-state index in [2.05, 4.69) is 4.18 Å². The Labute approximate surface area is 110 Å². The lowest BCUT2D eigenvalue weighted by Gasteiger charge is -2.28. The number of rotatable bonds is 4. The molecule has 0 aliphatic carbocycles. The van der Waals surface area contributed by atoms with Crippen molar-refractivity contribution in [3.8, 4) is 0 Å². The zero-order chi connectivity index (χ0) is 15.7. The molecule has 0 saturated heterocycles. The molecule has 0 heterocycles. The summed E-state index contributed by atoms with van der Waals surface area (Å²) < 4.78 is 66.4. The lowest BCUT2D eigenvalue weighted by molar-refractivity contribution is -0.167. The summed E-state index contributed by atoms with van der Waals surface area (Å²) in [6.45, 7) is 6.24. The highest BCUT2D eigenvalue weighted by Crippen LogP contribution is 2.28. The Morgan fingerprint density at radius 1 is 1.05 bits per heavy atom. The average molecular weight is 306 g/mol. The number of hydrogen-bond acceptors (Lipinski definition) is 5. The van der Waals surface area contributed by atoms with Crippen molar-refractivity contribution in [2.24, 2.45) is 5.41 Å². The van der Waals surface area contributed by atoms with Crippen LogP contribution in [0, 0.1) is 5.41 Å². The molecule has 0 radical (unpaired) electrons. The van der Waals surface area contributed by atoms with Crippen LogP contribution in [-0.2, 0) is 23.8 Å². The fraction of sp³-hybridized carbons (Fsp3) is 0.900. The van der Waals surface area contributed by atoms with E-state index in [9.17, 15) is 26.4 Å². The molecule has 0 bridgehead atoms. The van der Waals surface area contributed by atoms with Gasteiger partial charge >= 0.3 is 21.6 Å². The van der Waals surface area contributed by atoms with Crippen LogP contribution in [0.25, 0.3) is 0 Å². The third-order valence-corrected chi connectivity index (χ3v) is 2.80. The lowest BCUT2D eigenvalue weighted by atomic mass is 9.95. The van der Waals surface area contributed by atoms with Crippen LogP contribution >= 0.6 is 0 Å². The van der Waals surface area contributed by atoms with Crippen LogP contribution in [0.4, 0.5) is 13.2 Å². The normalized spacial score (nSPS) is 14.3. The predicted molar refractivity (Wildman–Crippen MR) is 60.6 cm³/mol. The number of hydrogen-bond donors (Lipinski definition) is 0. The van der Waals surface area contributed by atoms with Crippen molar-refractivity contribution < 1.29 is 35.3 Å². The summed E-state index contributed by atoms with van der Waals surface area (Å²) in [5.74, 6) is -0.850. The molecule has 0 aromatic heterocycles. The van der Waals surface area contributed by atoms with Gasteiger partial charge in [-0.3, -0.25) is 8.98 Å². The number of esters is 1. The third kappa shape index (κ3) is 5.77. The van der Waals surface area contributed by atoms with Crippen molar-refractivity contribution >= 4 is 16.1 Å². The predicted octanol–water partition coefficient (Wildman–Crippen LogP) is 2.22. The molecule has 5 nitrogen and oxygen atoms in total.